The lowest BCUT2D eigenvalue weighted by molar-refractivity contribution is -0.164. The molecule has 4 atom stereocenters. The zero-order valence-electron chi connectivity index (χ0n) is 27.8. The molecule has 252 valence electrons. The lowest BCUT2D eigenvalue weighted by atomic mass is 9.67. The van der Waals surface area contributed by atoms with Crippen molar-refractivity contribution in [3.8, 4) is 5.75 Å². The number of rotatable bonds is 20. The molecule has 1 heterocycles. The molecule has 0 amide bonds. The highest BCUT2D eigenvalue weighted by Gasteiger charge is 2.48. The van der Waals surface area contributed by atoms with Crippen molar-refractivity contribution < 1.29 is 52.8 Å². The number of hydrogen-bond acceptors (Lipinski definition) is 11. The monoisotopic (exact) mass is 634 g/mol. The van der Waals surface area contributed by atoms with Gasteiger partial charge in [-0.1, -0.05) is 19.1 Å². The molecular weight excluding hydrogens is 584 g/mol. The molecule has 1 fully saturated rings. The molecule has 0 spiro atoms. The van der Waals surface area contributed by atoms with E-state index in [1.165, 1.54) is 14.0 Å². The van der Waals surface area contributed by atoms with Crippen LogP contribution < -0.4 is 4.74 Å². The van der Waals surface area contributed by atoms with Gasteiger partial charge in [-0.2, -0.15) is 0 Å². The summed E-state index contributed by atoms with van der Waals surface area (Å²) in [7, 11) is 1.24. The van der Waals surface area contributed by atoms with Crippen LogP contribution >= 0.6 is 0 Å². The van der Waals surface area contributed by atoms with Crippen LogP contribution in [0.15, 0.2) is 24.3 Å². The van der Waals surface area contributed by atoms with Crippen molar-refractivity contribution in [3.05, 3.63) is 29.8 Å². The molecule has 0 radical (unpaired) electrons. The minimum atomic E-state index is -1.33. The summed E-state index contributed by atoms with van der Waals surface area (Å²) in [6, 6.07) is 6.91. The van der Waals surface area contributed by atoms with Gasteiger partial charge in [0.1, 0.15) is 24.2 Å². The number of hydrogen-bond donors (Lipinski definition) is 1. The van der Waals surface area contributed by atoms with Gasteiger partial charge in [0.25, 0.3) is 0 Å². The highest BCUT2D eigenvalue weighted by molar-refractivity contribution is 5.83. The van der Waals surface area contributed by atoms with Crippen LogP contribution in [0.3, 0.4) is 0 Å². The highest BCUT2D eigenvalue weighted by atomic mass is 16.6. The summed E-state index contributed by atoms with van der Waals surface area (Å²) >= 11 is 0. The molecule has 1 saturated heterocycles. The Labute approximate surface area is 266 Å². The van der Waals surface area contributed by atoms with E-state index in [0.29, 0.717) is 31.6 Å². The van der Waals surface area contributed by atoms with Gasteiger partial charge in [0.15, 0.2) is 0 Å². The van der Waals surface area contributed by atoms with Crippen molar-refractivity contribution in [2.45, 2.75) is 92.6 Å². The van der Waals surface area contributed by atoms with E-state index >= 15 is 0 Å². The minimum absolute atomic E-state index is 0.000708. The van der Waals surface area contributed by atoms with Gasteiger partial charge in [-0.05, 0) is 84.4 Å². The van der Waals surface area contributed by atoms with E-state index in [9.17, 15) is 29.1 Å². The summed E-state index contributed by atoms with van der Waals surface area (Å²) in [6.45, 7) is 10.4. The molecule has 0 saturated carbocycles. The van der Waals surface area contributed by atoms with Gasteiger partial charge in [0, 0.05) is 19.4 Å². The van der Waals surface area contributed by atoms with Crippen LogP contribution in [0.4, 0.5) is 0 Å². The van der Waals surface area contributed by atoms with Gasteiger partial charge in [-0.15, -0.1) is 0 Å². The Balaban J connectivity index is 2.30. The molecule has 1 aromatic carbocycles. The number of esters is 4. The first-order valence-electron chi connectivity index (χ1n) is 15.5. The second-order valence-electron chi connectivity index (χ2n) is 13.2. The summed E-state index contributed by atoms with van der Waals surface area (Å²) in [4.78, 5) is 64.6. The van der Waals surface area contributed by atoms with Crippen molar-refractivity contribution in [3.63, 3.8) is 0 Å². The summed E-state index contributed by atoms with van der Waals surface area (Å²) in [5, 5.41) is 9.20. The number of aryl methyl sites for hydroxylation is 1. The largest absolute Gasteiger partial charge is 0.469 e. The second-order valence-corrected chi connectivity index (χ2v) is 13.2. The van der Waals surface area contributed by atoms with Crippen molar-refractivity contribution in [1.29, 1.82) is 0 Å². The molecule has 1 aliphatic rings. The minimum Gasteiger partial charge on any atom is -0.469 e. The van der Waals surface area contributed by atoms with Gasteiger partial charge >= 0.3 is 23.9 Å². The van der Waals surface area contributed by atoms with Crippen LogP contribution in [0.2, 0.25) is 0 Å². The Kier molecular flexibility index (Phi) is 14.2. The third-order valence-corrected chi connectivity index (χ3v) is 8.31. The van der Waals surface area contributed by atoms with E-state index < -0.39 is 46.0 Å². The van der Waals surface area contributed by atoms with Gasteiger partial charge in [-0.3, -0.25) is 19.2 Å². The lowest BCUT2D eigenvalue weighted by Gasteiger charge is -2.37. The predicted octanol–water partition coefficient (Wildman–Crippen LogP) is 4.39. The Hall–Kier alpha value is -3.31. The number of aliphatic hydroxyl groups is 1. The van der Waals surface area contributed by atoms with Crippen LogP contribution in [0, 0.1) is 22.2 Å². The average Bonchev–Trinajstić information content (AvgIpc) is 3.83. The quantitative estimate of drug-likeness (QED) is 0.0714. The smallest absolute Gasteiger partial charge is 0.317 e. The van der Waals surface area contributed by atoms with E-state index in [1.54, 1.807) is 52.0 Å². The number of carbonyl (C=O) groups excluding carboxylic acids is 5. The van der Waals surface area contributed by atoms with Crippen LogP contribution in [0.5, 0.6) is 5.75 Å². The molecule has 1 aromatic rings. The van der Waals surface area contributed by atoms with E-state index in [1.807, 2.05) is 6.92 Å². The molecular formula is C34H50O11. The lowest BCUT2D eigenvalue weighted by Crippen LogP contribution is -2.43. The second kappa shape index (κ2) is 16.8. The number of methoxy groups -OCH3 is 1. The SMILES string of the molecule is CCC(C)(CC(CC(C)(CC(C)(C)C(=O)OCC1CO1)C(=O)OC)C(=O)OCCCO)C(=O)Oc1ccc(CCC(C)=O)cc1. The standard InChI is InChI=1S/C34H50O11/c1-8-33(5,31(40)45-26-14-12-24(13-15-26)11-10-23(2)36)18-25(28(37)42-17-9-16-35)19-34(6,30(39)41-7)22-32(3,4)29(38)44-21-27-20-43-27/h12-15,25,27,35H,8-11,16-22H2,1-7H3. The fraction of sp³-hybridized carbons (Fsp3) is 0.676. The molecule has 0 bridgehead atoms. The number of ether oxygens (including phenoxy) is 5. The molecule has 11 nitrogen and oxygen atoms in total. The van der Waals surface area contributed by atoms with Gasteiger partial charge in [0.2, 0.25) is 0 Å². The first-order valence-corrected chi connectivity index (χ1v) is 15.5. The van der Waals surface area contributed by atoms with E-state index in [4.69, 9.17) is 23.7 Å². The third-order valence-electron chi connectivity index (χ3n) is 8.31. The maximum absolute atomic E-state index is 13.6. The number of carbonyl (C=O) groups is 5. The summed E-state index contributed by atoms with van der Waals surface area (Å²) < 4.78 is 26.9. The first kappa shape index (κ1) is 37.9. The molecule has 45 heavy (non-hydrogen) atoms. The van der Waals surface area contributed by atoms with E-state index in [2.05, 4.69) is 0 Å². The Morgan fingerprint density at radius 1 is 0.956 bits per heavy atom. The molecule has 1 aliphatic heterocycles. The van der Waals surface area contributed by atoms with Crippen LogP contribution in [-0.2, 0) is 49.3 Å². The molecule has 11 heteroatoms. The number of aliphatic hydroxyl groups excluding tert-OH is 1. The Bertz CT molecular complexity index is 1170. The zero-order chi connectivity index (χ0) is 33.8. The van der Waals surface area contributed by atoms with Crippen molar-refractivity contribution >= 4 is 29.7 Å². The summed E-state index contributed by atoms with van der Waals surface area (Å²) in [5.41, 5.74) is -2.66. The van der Waals surface area contributed by atoms with Crippen molar-refractivity contribution in [2.24, 2.45) is 22.2 Å². The Morgan fingerprint density at radius 3 is 2.11 bits per heavy atom. The number of epoxide rings is 1. The average molecular weight is 635 g/mol. The van der Waals surface area contributed by atoms with Gasteiger partial charge < -0.3 is 33.6 Å². The predicted molar refractivity (Wildman–Crippen MR) is 164 cm³/mol. The maximum Gasteiger partial charge on any atom is 0.317 e. The molecule has 0 aromatic heterocycles. The van der Waals surface area contributed by atoms with E-state index in [0.717, 1.165) is 5.56 Å². The zero-order valence-corrected chi connectivity index (χ0v) is 27.8. The van der Waals surface area contributed by atoms with Gasteiger partial charge in [-0.25, -0.2) is 0 Å². The highest BCUT2D eigenvalue weighted by Crippen LogP contribution is 2.44. The molecule has 2 rings (SSSR count). The van der Waals surface area contributed by atoms with E-state index in [-0.39, 0.29) is 57.4 Å². The summed E-state index contributed by atoms with van der Waals surface area (Å²) in [6.07, 6.45) is 1.35. The van der Waals surface area contributed by atoms with Crippen molar-refractivity contribution in [1.82, 2.24) is 0 Å². The fourth-order valence-corrected chi connectivity index (χ4v) is 5.38. The number of Topliss-reactive ketones (excluding diaryl/α,β-unsaturated/α-hetero) is 1. The number of ketones is 1. The molecule has 1 N–H and O–H groups in total. The van der Waals surface area contributed by atoms with Gasteiger partial charge in [0.05, 0.1) is 42.5 Å². The van der Waals surface area contributed by atoms with Crippen LogP contribution in [-0.4, -0.2) is 74.4 Å². The number of benzene rings is 1. The topological polar surface area (TPSA) is 155 Å². The third kappa shape index (κ3) is 11.9. The van der Waals surface area contributed by atoms with Crippen LogP contribution in [0.1, 0.15) is 85.6 Å². The molecule has 4 unspecified atom stereocenters. The molecule has 0 aliphatic carbocycles. The van der Waals surface area contributed by atoms with Crippen LogP contribution in [0.25, 0.3) is 0 Å². The maximum atomic E-state index is 13.6. The van der Waals surface area contributed by atoms with Crippen molar-refractivity contribution in [2.75, 3.05) is 33.5 Å². The summed E-state index contributed by atoms with van der Waals surface area (Å²) in [5.74, 6) is -2.86. The normalized spacial score (nSPS) is 17.6. The Morgan fingerprint density at radius 2 is 1.58 bits per heavy atom. The first-order chi connectivity index (χ1) is 21.1. The fourth-order valence-electron chi connectivity index (χ4n) is 5.38.